The fraction of sp³-hybridized carbons (Fsp3) is 0.167. The third-order valence-electron chi connectivity index (χ3n) is 4.61. The minimum absolute atomic E-state index is 0.0995. The fourth-order valence-corrected chi connectivity index (χ4v) is 3.37. The summed E-state index contributed by atoms with van der Waals surface area (Å²) in [6.45, 7) is 0.471. The van der Waals surface area contributed by atoms with Crippen molar-refractivity contribution in [2.24, 2.45) is 0 Å². The normalized spacial score (nSPS) is 10.2. The van der Waals surface area contributed by atoms with E-state index < -0.39 is 16.2 Å². The maximum absolute atomic E-state index is 12.4. The lowest BCUT2D eigenvalue weighted by molar-refractivity contribution is -0.110. The molecule has 0 unspecified atom stereocenters. The average molecular weight is 438 g/mol. The molecule has 31 heavy (non-hydrogen) atoms. The Morgan fingerprint density at radius 2 is 1.48 bits per heavy atom. The number of aryl methyl sites for hydroxylation is 1. The van der Waals surface area contributed by atoms with Crippen LogP contribution in [0.15, 0.2) is 78.9 Å². The Balaban J connectivity index is 1.56. The number of methoxy groups -OCH3 is 1. The lowest BCUT2D eigenvalue weighted by Gasteiger charge is -2.08. The van der Waals surface area contributed by atoms with Gasteiger partial charge in [0, 0.05) is 5.69 Å². The van der Waals surface area contributed by atoms with Crippen LogP contribution in [0.3, 0.4) is 0 Å². The van der Waals surface area contributed by atoms with Crippen molar-refractivity contribution in [2.75, 3.05) is 12.4 Å². The van der Waals surface area contributed by atoms with Crippen LogP contribution in [0.2, 0.25) is 0 Å². The molecule has 0 aliphatic rings. The third kappa shape index (κ3) is 6.72. The molecule has 3 rings (SSSR count). The number of hydrogen-bond donors (Lipinski definition) is 1. The van der Waals surface area contributed by atoms with Gasteiger partial charge in [0.05, 0.1) is 7.11 Å². The van der Waals surface area contributed by atoms with Gasteiger partial charge in [0.1, 0.15) is 23.0 Å². The summed E-state index contributed by atoms with van der Waals surface area (Å²) in [6, 6.07) is 23.9. The monoisotopic (exact) mass is 437 g/mol. The summed E-state index contributed by atoms with van der Waals surface area (Å²) in [4.78, 5) is 12.2. The summed E-state index contributed by atoms with van der Waals surface area (Å²) in [5, 5.41) is 2.61. The number of carbonyl (C=O) groups excluding carboxylic acids is 1. The third-order valence-corrected chi connectivity index (χ3v) is 5.41. The van der Waals surface area contributed by atoms with E-state index in [-0.39, 0.29) is 11.3 Å². The molecule has 0 aliphatic heterocycles. The zero-order valence-electron chi connectivity index (χ0n) is 17.1. The number of hydrogen-bond acceptors (Lipinski definition) is 5. The van der Waals surface area contributed by atoms with Crippen molar-refractivity contribution in [3.63, 3.8) is 0 Å². The van der Waals surface area contributed by atoms with Crippen molar-refractivity contribution >= 4 is 26.8 Å². The maximum Gasteiger partial charge on any atom is 0.267 e. The first-order valence-electron chi connectivity index (χ1n) is 9.71. The zero-order valence-corrected chi connectivity index (χ0v) is 17.9. The lowest BCUT2D eigenvalue weighted by Crippen LogP contribution is -2.24. The van der Waals surface area contributed by atoms with Crippen molar-refractivity contribution < 1.29 is 22.7 Å². The average Bonchev–Trinajstić information content (AvgIpc) is 2.79. The van der Waals surface area contributed by atoms with Gasteiger partial charge in [0.25, 0.3) is 5.91 Å². The SMILES string of the molecule is COc1ccc(NC(=O)C(CCc2ccc(OCc3ccccc3)cc2)=S(=O)=O)cc1. The molecule has 0 atom stereocenters. The first-order chi connectivity index (χ1) is 15.0. The molecule has 0 aliphatic carbocycles. The van der Waals surface area contributed by atoms with Gasteiger partial charge in [0.2, 0.25) is 10.3 Å². The highest BCUT2D eigenvalue weighted by Gasteiger charge is 2.14. The molecule has 3 aromatic carbocycles. The molecule has 160 valence electrons. The van der Waals surface area contributed by atoms with Crippen LogP contribution in [0.1, 0.15) is 17.5 Å². The minimum atomic E-state index is -2.61. The van der Waals surface area contributed by atoms with Crippen LogP contribution in [0.4, 0.5) is 5.69 Å². The molecule has 0 fully saturated rings. The molecule has 1 N–H and O–H groups in total. The van der Waals surface area contributed by atoms with Gasteiger partial charge in [-0.3, -0.25) is 4.79 Å². The molecular formula is C24H23NO5S. The number of ether oxygens (including phenoxy) is 2. The number of rotatable bonds is 9. The molecule has 7 heteroatoms. The van der Waals surface area contributed by atoms with Crippen LogP contribution in [-0.2, 0) is 28.1 Å². The van der Waals surface area contributed by atoms with E-state index in [9.17, 15) is 13.2 Å². The highest BCUT2D eigenvalue weighted by Crippen LogP contribution is 2.17. The van der Waals surface area contributed by atoms with Crippen LogP contribution in [0, 0.1) is 0 Å². The number of carbonyl (C=O) groups is 1. The van der Waals surface area contributed by atoms with Crippen LogP contribution >= 0.6 is 0 Å². The van der Waals surface area contributed by atoms with Crippen molar-refractivity contribution in [2.45, 2.75) is 19.4 Å². The molecule has 1 amide bonds. The molecule has 0 bridgehead atoms. The Morgan fingerprint density at radius 3 is 2.10 bits per heavy atom. The Kier molecular flexibility index (Phi) is 7.84. The second-order valence-corrected chi connectivity index (χ2v) is 7.72. The maximum atomic E-state index is 12.4. The standard InChI is InChI=1S/C24H23NO5S/c1-29-21-14-10-20(11-15-21)25-24(26)23(31(27)28)16-9-18-7-12-22(13-8-18)30-17-19-5-3-2-4-6-19/h2-8,10-15H,9,16-17H2,1H3,(H,25,26). The Hall–Kier alpha value is -3.58. The predicted octanol–water partition coefficient (Wildman–Crippen LogP) is 3.90. The Labute approximate surface area is 183 Å². The molecule has 6 nitrogen and oxygen atoms in total. The van der Waals surface area contributed by atoms with Crippen molar-refractivity contribution in [3.8, 4) is 11.5 Å². The summed E-state index contributed by atoms with van der Waals surface area (Å²) in [7, 11) is -1.07. The first kappa shape index (κ1) is 22.1. The lowest BCUT2D eigenvalue weighted by atomic mass is 10.1. The van der Waals surface area contributed by atoms with E-state index in [1.165, 1.54) is 0 Å². The highest BCUT2D eigenvalue weighted by atomic mass is 32.2. The van der Waals surface area contributed by atoms with Gasteiger partial charge in [-0.25, -0.2) is 0 Å². The summed E-state index contributed by atoms with van der Waals surface area (Å²) in [5.74, 6) is 0.730. The summed E-state index contributed by atoms with van der Waals surface area (Å²) in [5.41, 5.74) is 2.48. The second-order valence-electron chi connectivity index (χ2n) is 6.76. The molecule has 0 heterocycles. The molecule has 3 aromatic rings. The fourth-order valence-electron chi connectivity index (χ4n) is 2.90. The molecule has 0 aromatic heterocycles. The van der Waals surface area contributed by atoms with Gasteiger partial charge in [-0.2, -0.15) is 8.42 Å². The second kappa shape index (κ2) is 11.0. The Bertz CT molecular complexity index is 1130. The van der Waals surface area contributed by atoms with Gasteiger partial charge in [-0.1, -0.05) is 42.5 Å². The molecular weight excluding hydrogens is 414 g/mol. The van der Waals surface area contributed by atoms with E-state index in [0.717, 1.165) is 16.9 Å². The molecule has 0 saturated heterocycles. The molecule has 0 radical (unpaired) electrons. The van der Waals surface area contributed by atoms with Gasteiger partial charge >= 0.3 is 0 Å². The first-order valence-corrected chi connectivity index (χ1v) is 10.8. The van der Waals surface area contributed by atoms with E-state index in [1.54, 1.807) is 31.4 Å². The smallest absolute Gasteiger partial charge is 0.267 e. The highest BCUT2D eigenvalue weighted by molar-refractivity contribution is 7.74. The number of benzene rings is 3. The predicted molar refractivity (Wildman–Crippen MR) is 121 cm³/mol. The molecule has 0 spiro atoms. The molecule has 0 saturated carbocycles. The van der Waals surface area contributed by atoms with E-state index in [0.29, 0.717) is 24.5 Å². The van der Waals surface area contributed by atoms with Gasteiger partial charge in [-0.15, -0.1) is 0 Å². The van der Waals surface area contributed by atoms with Crippen molar-refractivity contribution in [1.29, 1.82) is 0 Å². The summed E-state index contributed by atoms with van der Waals surface area (Å²) >= 11 is 0. The van der Waals surface area contributed by atoms with Gasteiger partial charge in [0.15, 0.2) is 0 Å². The van der Waals surface area contributed by atoms with Crippen molar-refractivity contribution in [1.82, 2.24) is 0 Å². The van der Waals surface area contributed by atoms with Crippen LogP contribution in [0.5, 0.6) is 11.5 Å². The van der Waals surface area contributed by atoms with E-state index in [2.05, 4.69) is 5.32 Å². The van der Waals surface area contributed by atoms with Gasteiger partial charge < -0.3 is 14.8 Å². The Morgan fingerprint density at radius 1 is 0.839 bits per heavy atom. The van der Waals surface area contributed by atoms with Crippen LogP contribution in [-0.4, -0.2) is 26.3 Å². The van der Waals surface area contributed by atoms with Crippen LogP contribution < -0.4 is 14.8 Å². The van der Waals surface area contributed by atoms with E-state index in [1.807, 2.05) is 54.6 Å². The largest absolute Gasteiger partial charge is 0.497 e. The summed E-state index contributed by atoms with van der Waals surface area (Å²) in [6.07, 6.45) is 0.515. The quantitative estimate of drug-likeness (QED) is 0.514. The van der Waals surface area contributed by atoms with Crippen molar-refractivity contribution in [3.05, 3.63) is 90.0 Å². The van der Waals surface area contributed by atoms with E-state index >= 15 is 0 Å². The topological polar surface area (TPSA) is 81.7 Å². The van der Waals surface area contributed by atoms with Gasteiger partial charge in [-0.05, 0) is 60.4 Å². The summed E-state index contributed by atoms with van der Waals surface area (Å²) < 4.78 is 34.0. The number of amides is 1. The van der Waals surface area contributed by atoms with E-state index in [4.69, 9.17) is 9.47 Å². The minimum Gasteiger partial charge on any atom is -0.497 e. The van der Waals surface area contributed by atoms with Crippen LogP contribution in [0.25, 0.3) is 0 Å². The zero-order chi connectivity index (χ0) is 22.1. The number of nitrogens with one attached hydrogen (secondary N) is 1. The number of anilines is 1.